The lowest BCUT2D eigenvalue weighted by atomic mass is 10.1. The second-order valence-corrected chi connectivity index (χ2v) is 6.12. The first kappa shape index (κ1) is 16.0. The topological polar surface area (TPSA) is 65.4 Å². The van der Waals surface area contributed by atoms with E-state index in [1.54, 1.807) is 12.4 Å². The van der Waals surface area contributed by atoms with Crippen molar-refractivity contribution in [3.63, 3.8) is 0 Å². The van der Waals surface area contributed by atoms with E-state index in [1.807, 2.05) is 30.1 Å². The summed E-state index contributed by atoms with van der Waals surface area (Å²) < 4.78 is 0. The van der Waals surface area contributed by atoms with Crippen molar-refractivity contribution in [2.45, 2.75) is 25.5 Å². The Kier molecular flexibility index (Phi) is 4.93. The van der Waals surface area contributed by atoms with Crippen molar-refractivity contribution in [2.24, 2.45) is 0 Å². The van der Waals surface area contributed by atoms with E-state index >= 15 is 0 Å². The number of piperidine rings is 1. The number of halogens is 1. The number of hydrogen-bond acceptors (Lipinski definition) is 6. The van der Waals surface area contributed by atoms with Gasteiger partial charge in [-0.25, -0.2) is 9.97 Å². The van der Waals surface area contributed by atoms with Crippen molar-refractivity contribution < 1.29 is 5.11 Å². The SMILES string of the molecule is CN(Cc1cccnc1Cl)c1nccc(N2CCCC(O)C2)n1. The van der Waals surface area contributed by atoms with Crippen LogP contribution in [0.3, 0.4) is 0 Å². The van der Waals surface area contributed by atoms with Crippen LogP contribution in [-0.4, -0.2) is 46.3 Å². The molecule has 2 aromatic heterocycles. The largest absolute Gasteiger partial charge is 0.391 e. The van der Waals surface area contributed by atoms with Gasteiger partial charge in [0.1, 0.15) is 11.0 Å². The third-order valence-corrected chi connectivity index (χ3v) is 4.27. The van der Waals surface area contributed by atoms with E-state index in [-0.39, 0.29) is 6.10 Å². The third-order valence-electron chi connectivity index (χ3n) is 3.93. The highest BCUT2D eigenvalue weighted by Gasteiger charge is 2.19. The molecule has 3 heterocycles. The summed E-state index contributed by atoms with van der Waals surface area (Å²) in [7, 11) is 1.92. The predicted molar refractivity (Wildman–Crippen MR) is 90.8 cm³/mol. The molecule has 0 saturated carbocycles. The highest BCUT2D eigenvalue weighted by molar-refractivity contribution is 6.30. The standard InChI is InChI=1S/C16H20ClN5O/c1-21(10-12-4-2-7-18-15(12)17)16-19-8-6-14(20-16)22-9-3-5-13(23)11-22/h2,4,6-8,13,23H,3,5,9-11H2,1H3. The molecule has 1 N–H and O–H groups in total. The number of nitrogens with zero attached hydrogens (tertiary/aromatic N) is 5. The maximum absolute atomic E-state index is 9.83. The minimum absolute atomic E-state index is 0.283. The Morgan fingerprint density at radius 1 is 1.35 bits per heavy atom. The predicted octanol–water partition coefficient (Wildman–Crippen LogP) is 2.12. The van der Waals surface area contributed by atoms with Crippen molar-refractivity contribution in [1.82, 2.24) is 15.0 Å². The van der Waals surface area contributed by atoms with Gasteiger partial charge in [-0.3, -0.25) is 0 Å². The summed E-state index contributed by atoms with van der Waals surface area (Å²) in [5, 5.41) is 10.3. The maximum Gasteiger partial charge on any atom is 0.227 e. The molecule has 122 valence electrons. The summed E-state index contributed by atoms with van der Waals surface area (Å²) in [6.45, 7) is 2.11. The molecule has 0 spiro atoms. The van der Waals surface area contributed by atoms with E-state index in [0.29, 0.717) is 24.2 Å². The number of β-amino-alcohol motifs (C(OH)–C–C–N with tert-alkyl or cyclic N) is 1. The van der Waals surface area contributed by atoms with E-state index in [1.165, 1.54) is 0 Å². The highest BCUT2D eigenvalue weighted by Crippen LogP contribution is 2.21. The molecule has 0 aliphatic carbocycles. The minimum atomic E-state index is -0.283. The molecule has 0 radical (unpaired) electrons. The fourth-order valence-corrected chi connectivity index (χ4v) is 2.90. The van der Waals surface area contributed by atoms with Crippen LogP contribution in [0.2, 0.25) is 5.15 Å². The van der Waals surface area contributed by atoms with Crippen LogP contribution < -0.4 is 9.80 Å². The van der Waals surface area contributed by atoms with Crippen LogP contribution in [-0.2, 0) is 6.54 Å². The molecule has 6 nitrogen and oxygen atoms in total. The lowest BCUT2D eigenvalue weighted by molar-refractivity contribution is 0.154. The molecule has 23 heavy (non-hydrogen) atoms. The molecule has 1 saturated heterocycles. The van der Waals surface area contributed by atoms with Crippen LogP contribution in [0.5, 0.6) is 0 Å². The average Bonchev–Trinajstić information content (AvgIpc) is 2.57. The van der Waals surface area contributed by atoms with Crippen molar-refractivity contribution in [1.29, 1.82) is 0 Å². The molecule has 1 atom stereocenters. The van der Waals surface area contributed by atoms with Gasteiger partial charge in [-0.1, -0.05) is 17.7 Å². The Hall–Kier alpha value is -1.92. The second kappa shape index (κ2) is 7.10. The van der Waals surface area contributed by atoms with Crippen molar-refractivity contribution in [3.05, 3.63) is 41.3 Å². The van der Waals surface area contributed by atoms with Crippen LogP contribution in [0.25, 0.3) is 0 Å². The van der Waals surface area contributed by atoms with E-state index < -0.39 is 0 Å². The Morgan fingerprint density at radius 3 is 3.00 bits per heavy atom. The molecule has 1 aliphatic rings. The van der Waals surface area contributed by atoms with Crippen LogP contribution in [0.15, 0.2) is 30.6 Å². The lowest BCUT2D eigenvalue weighted by Gasteiger charge is -2.31. The summed E-state index contributed by atoms with van der Waals surface area (Å²) in [6, 6.07) is 5.69. The Labute approximate surface area is 140 Å². The zero-order valence-corrected chi connectivity index (χ0v) is 13.8. The zero-order chi connectivity index (χ0) is 16.2. The number of hydrogen-bond donors (Lipinski definition) is 1. The van der Waals surface area contributed by atoms with Gasteiger partial charge in [-0.2, -0.15) is 4.98 Å². The molecule has 1 unspecified atom stereocenters. The fourth-order valence-electron chi connectivity index (χ4n) is 2.73. The quantitative estimate of drug-likeness (QED) is 0.865. The van der Waals surface area contributed by atoms with Gasteiger partial charge in [0.15, 0.2) is 0 Å². The van der Waals surface area contributed by atoms with Crippen molar-refractivity contribution >= 4 is 23.4 Å². The van der Waals surface area contributed by atoms with Gasteiger partial charge in [-0.15, -0.1) is 0 Å². The second-order valence-electron chi connectivity index (χ2n) is 5.77. The molecular weight excluding hydrogens is 314 g/mol. The molecular formula is C16H20ClN5O. The van der Waals surface area contributed by atoms with Gasteiger partial charge < -0.3 is 14.9 Å². The average molecular weight is 334 g/mol. The Morgan fingerprint density at radius 2 is 2.22 bits per heavy atom. The third kappa shape index (κ3) is 3.89. The van der Waals surface area contributed by atoms with Gasteiger partial charge in [0, 0.05) is 44.6 Å². The first-order chi connectivity index (χ1) is 11.1. The fraction of sp³-hybridized carbons (Fsp3) is 0.438. The molecule has 3 rings (SSSR count). The van der Waals surface area contributed by atoms with Crippen molar-refractivity contribution in [3.8, 4) is 0 Å². The van der Waals surface area contributed by atoms with Crippen LogP contribution in [0.1, 0.15) is 18.4 Å². The summed E-state index contributed by atoms with van der Waals surface area (Å²) in [5.41, 5.74) is 0.930. The number of anilines is 2. The van der Waals surface area contributed by atoms with Crippen LogP contribution >= 0.6 is 11.6 Å². The number of aliphatic hydroxyl groups excluding tert-OH is 1. The summed E-state index contributed by atoms with van der Waals surface area (Å²) >= 11 is 6.11. The van der Waals surface area contributed by atoms with Gasteiger partial charge in [0.2, 0.25) is 5.95 Å². The summed E-state index contributed by atoms with van der Waals surface area (Å²) in [5.74, 6) is 1.47. The lowest BCUT2D eigenvalue weighted by Crippen LogP contribution is -2.38. The van der Waals surface area contributed by atoms with E-state index in [4.69, 9.17) is 11.6 Å². The minimum Gasteiger partial charge on any atom is -0.391 e. The van der Waals surface area contributed by atoms with Crippen molar-refractivity contribution in [2.75, 3.05) is 29.9 Å². The molecule has 1 aliphatic heterocycles. The number of aliphatic hydroxyl groups is 1. The van der Waals surface area contributed by atoms with Crippen LogP contribution in [0.4, 0.5) is 11.8 Å². The molecule has 2 aromatic rings. The Balaban J connectivity index is 1.75. The first-order valence-electron chi connectivity index (χ1n) is 7.70. The van der Waals surface area contributed by atoms with E-state index in [2.05, 4.69) is 19.9 Å². The Bertz CT molecular complexity index is 668. The van der Waals surface area contributed by atoms with Gasteiger partial charge in [0.05, 0.1) is 6.10 Å². The zero-order valence-electron chi connectivity index (χ0n) is 13.1. The van der Waals surface area contributed by atoms with Gasteiger partial charge in [-0.05, 0) is 25.0 Å². The molecule has 0 aromatic carbocycles. The number of pyridine rings is 1. The van der Waals surface area contributed by atoms with Gasteiger partial charge in [0.25, 0.3) is 0 Å². The van der Waals surface area contributed by atoms with Gasteiger partial charge >= 0.3 is 0 Å². The summed E-state index contributed by atoms with van der Waals surface area (Å²) in [4.78, 5) is 17.1. The van der Waals surface area contributed by atoms with Crippen LogP contribution in [0, 0.1) is 0 Å². The molecule has 0 bridgehead atoms. The maximum atomic E-state index is 9.83. The summed E-state index contributed by atoms with van der Waals surface area (Å²) in [6.07, 6.45) is 4.97. The van der Waals surface area contributed by atoms with E-state index in [9.17, 15) is 5.11 Å². The molecule has 7 heteroatoms. The molecule has 0 amide bonds. The molecule has 1 fully saturated rings. The van der Waals surface area contributed by atoms with E-state index in [0.717, 1.165) is 30.8 Å². The number of aromatic nitrogens is 3. The first-order valence-corrected chi connectivity index (χ1v) is 8.08. The number of rotatable bonds is 4. The normalized spacial score (nSPS) is 18.0. The highest BCUT2D eigenvalue weighted by atomic mass is 35.5. The smallest absolute Gasteiger partial charge is 0.227 e. The monoisotopic (exact) mass is 333 g/mol.